The molecular formula is C25H41N5O6. The van der Waals surface area contributed by atoms with Gasteiger partial charge in [0.05, 0.1) is 6.42 Å². The van der Waals surface area contributed by atoms with E-state index in [2.05, 4.69) is 11.9 Å². The Morgan fingerprint density at radius 1 is 1.11 bits per heavy atom. The molecule has 0 spiro atoms. The third-order valence-corrected chi connectivity index (χ3v) is 6.41. The van der Waals surface area contributed by atoms with Crippen molar-refractivity contribution in [2.75, 3.05) is 36.9 Å². The zero-order valence-electron chi connectivity index (χ0n) is 21.8. The van der Waals surface area contributed by atoms with Gasteiger partial charge in [-0.2, -0.15) is 0 Å². The summed E-state index contributed by atoms with van der Waals surface area (Å²) in [4.78, 5) is 67.9. The van der Waals surface area contributed by atoms with Crippen LogP contribution in [0.4, 0.5) is 11.5 Å². The number of rotatable bonds is 13. The maximum absolute atomic E-state index is 13.1. The van der Waals surface area contributed by atoms with Gasteiger partial charge in [-0.3, -0.25) is 28.7 Å². The highest BCUT2D eigenvalue weighted by Gasteiger charge is 2.25. The summed E-state index contributed by atoms with van der Waals surface area (Å²) in [6, 6.07) is 0. The quantitative estimate of drug-likeness (QED) is 0.306. The van der Waals surface area contributed by atoms with E-state index in [0.717, 1.165) is 32.1 Å². The minimum absolute atomic E-state index is 0.0639. The molecule has 0 aromatic carbocycles. The molecule has 2 amide bonds. The topological polar surface area (TPSA) is 148 Å². The zero-order chi connectivity index (χ0) is 26.7. The molecule has 0 aliphatic carbocycles. The van der Waals surface area contributed by atoms with Gasteiger partial charge in [0.15, 0.2) is 12.3 Å². The third-order valence-electron chi connectivity index (χ3n) is 6.41. The molecule has 1 fully saturated rings. The van der Waals surface area contributed by atoms with E-state index in [-0.39, 0.29) is 43.4 Å². The molecule has 36 heavy (non-hydrogen) atoms. The number of piperidine rings is 1. The summed E-state index contributed by atoms with van der Waals surface area (Å²) in [5, 5.41) is 0. The van der Waals surface area contributed by atoms with Crippen LogP contribution in [0.3, 0.4) is 0 Å². The van der Waals surface area contributed by atoms with Crippen molar-refractivity contribution in [3.8, 4) is 0 Å². The summed E-state index contributed by atoms with van der Waals surface area (Å²) in [6.07, 6.45) is 5.41. The summed E-state index contributed by atoms with van der Waals surface area (Å²) in [5.41, 5.74) is 4.77. The average Bonchev–Trinajstić information content (AvgIpc) is 2.84. The number of unbranched alkanes of at least 4 members (excludes halogenated alkanes) is 3. The normalized spacial score (nSPS) is 15.5. The van der Waals surface area contributed by atoms with E-state index in [9.17, 15) is 24.0 Å². The summed E-state index contributed by atoms with van der Waals surface area (Å²) in [5.74, 6) is -1.02. The highest BCUT2D eigenvalue weighted by Crippen LogP contribution is 2.20. The molecule has 3 N–H and O–H groups in total. The fraction of sp³-hybridized carbons (Fsp3) is 0.720. The van der Waals surface area contributed by atoms with Gasteiger partial charge in [0.2, 0.25) is 5.91 Å². The number of carbonyl (C=O) groups is 3. The molecule has 11 heteroatoms. The van der Waals surface area contributed by atoms with Crippen molar-refractivity contribution in [1.82, 2.24) is 14.5 Å². The molecular weight excluding hydrogens is 466 g/mol. The van der Waals surface area contributed by atoms with Crippen LogP contribution in [0.5, 0.6) is 0 Å². The van der Waals surface area contributed by atoms with Crippen LogP contribution in [0.1, 0.15) is 78.6 Å². The molecule has 1 aromatic rings. The summed E-state index contributed by atoms with van der Waals surface area (Å²) < 4.78 is 6.38. The molecule has 0 radical (unpaired) electrons. The lowest BCUT2D eigenvalue weighted by Crippen LogP contribution is -2.42. The number of carbonyl (C=O) groups excluding carboxylic acids is 3. The predicted molar refractivity (Wildman–Crippen MR) is 138 cm³/mol. The number of aromatic amines is 1. The Kier molecular flexibility index (Phi) is 11.7. The number of nitrogens with one attached hydrogen (secondary N) is 1. The Hall–Kier alpha value is -3.11. The maximum atomic E-state index is 13.1. The van der Waals surface area contributed by atoms with Crippen molar-refractivity contribution >= 4 is 29.3 Å². The number of anilines is 2. The maximum Gasteiger partial charge on any atom is 0.330 e. The second-order valence-corrected chi connectivity index (χ2v) is 9.50. The summed E-state index contributed by atoms with van der Waals surface area (Å²) in [7, 11) is 0. The van der Waals surface area contributed by atoms with Gasteiger partial charge in [-0.05, 0) is 31.6 Å². The molecule has 1 aromatic heterocycles. The van der Waals surface area contributed by atoms with E-state index in [1.807, 2.05) is 13.8 Å². The molecule has 1 saturated heterocycles. The predicted octanol–water partition coefficient (Wildman–Crippen LogP) is 2.02. The lowest BCUT2D eigenvalue weighted by Gasteiger charge is -2.30. The fourth-order valence-electron chi connectivity index (χ4n) is 4.32. The first-order valence-electron chi connectivity index (χ1n) is 13.1. The largest absolute Gasteiger partial charge is 0.456 e. The van der Waals surface area contributed by atoms with Gasteiger partial charge in [-0.15, -0.1) is 0 Å². The van der Waals surface area contributed by atoms with Crippen molar-refractivity contribution in [3.05, 3.63) is 20.8 Å². The standard InChI is InChI=1S/C25H41N5O6/c1-4-6-8-15-29(22-23(26)30(14-7-5-2)25(35)27-24(22)34)19(31)11-12-21(33)36-17-20(32)28-13-9-10-18(3)16-28/h18H,4-17,26H2,1-3H3,(H,27,34,35)/t18-/m0/s1. The number of H-pyrrole nitrogens is 1. The number of nitrogens with two attached hydrogens (primary N) is 1. The number of likely N-dealkylation sites (tertiary alicyclic amines) is 1. The molecule has 1 aliphatic heterocycles. The monoisotopic (exact) mass is 507 g/mol. The number of aromatic nitrogens is 2. The molecule has 0 unspecified atom stereocenters. The Morgan fingerprint density at radius 3 is 2.50 bits per heavy atom. The zero-order valence-corrected chi connectivity index (χ0v) is 21.8. The Bertz CT molecular complexity index is 1020. The second kappa shape index (κ2) is 14.4. The smallest absolute Gasteiger partial charge is 0.330 e. The van der Waals surface area contributed by atoms with Gasteiger partial charge in [-0.1, -0.05) is 40.0 Å². The van der Waals surface area contributed by atoms with Crippen LogP contribution in [0.15, 0.2) is 9.59 Å². The van der Waals surface area contributed by atoms with Crippen LogP contribution in [-0.4, -0.2) is 58.5 Å². The van der Waals surface area contributed by atoms with Crippen molar-refractivity contribution in [1.29, 1.82) is 0 Å². The number of ether oxygens (including phenoxy) is 1. The number of hydrogen-bond donors (Lipinski definition) is 2. The summed E-state index contributed by atoms with van der Waals surface area (Å²) in [6.45, 7) is 7.56. The molecule has 202 valence electrons. The Morgan fingerprint density at radius 2 is 1.83 bits per heavy atom. The van der Waals surface area contributed by atoms with Crippen LogP contribution in [0.2, 0.25) is 0 Å². The lowest BCUT2D eigenvalue weighted by atomic mass is 10.0. The van der Waals surface area contributed by atoms with Gasteiger partial charge in [0.1, 0.15) is 5.82 Å². The summed E-state index contributed by atoms with van der Waals surface area (Å²) >= 11 is 0. The SMILES string of the molecule is CCCCCN(C(=O)CCC(=O)OCC(=O)N1CCC[C@H](C)C1)c1c(N)n(CCCC)c(=O)[nH]c1=O. The number of esters is 1. The average molecular weight is 508 g/mol. The van der Waals surface area contributed by atoms with E-state index in [0.29, 0.717) is 38.4 Å². The number of nitrogen functional groups attached to an aromatic ring is 1. The van der Waals surface area contributed by atoms with E-state index < -0.39 is 23.1 Å². The fourth-order valence-corrected chi connectivity index (χ4v) is 4.32. The Balaban J connectivity index is 2.07. The first kappa shape index (κ1) is 29.1. The first-order chi connectivity index (χ1) is 17.2. The molecule has 1 aliphatic rings. The van der Waals surface area contributed by atoms with E-state index in [1.165, 1.54) is 9.47 Å². The molecule has 0 saturated carbocycles. The van der Waals surface area contributed by atoms with Crippen molar-refractivity contribution in [2.24, 2.45) is 5.92 Å². The van der Waals surface area contributed by atoms with Crippen LogP contribution in [-0.2, 0) is 25.7 Å². The molecule has 0 bridgehead atoms. The van der Waals surface area contributed by atoms with Gasteiger partial charge >= 0.3 is 11.7 Å². The van der Waals surface area contributed by atoms with Crippen LogP contribution >= 0.6 is 0 Å². The highest BCUT2D eigenvalue weighted by molar-refractivity contribution is 5.97. The molecule has 2 heterocycles. The minimum atomic E-state index is -0.737. The van der Waals surface area contributed by atoms with Crippen LogP contribution in [0.25, 0.3) is 0 Å². The van der Waals surface area contributed by atoms with Crippen molar-refractivity contribution in [3.63, 3.8) is 0 Å². The van der Waals surface area contributed by atoms with Crippen molar-refractivity contribution in [2.45, 2.75) is 85.1 Å². The van der Waals surface area contributed by atoms with Gasteiger partial charge < -0.3 is 20.3 Å². The van der Waals surface area contributed by atoms with Crippen LogP contribution < -0.4 is 21.9 Å². The van der Waals surface area contributed by atoms with E-state index in [1.54, 1.807) is 4.90 Å². The van der Waals surface area contributed by atoms with Crippen molar-refractivity contribution < 1.29 is 19.1 Å². The van der Waals surface area contributed by atoms with Gasteiger partial charge in [0, 0.05) is 32.6 Å². The van der Waals surface area contributed by atoms with Gasteiger partial charge in [0.25, 0.3) is 11.5 Å². The molecule has 11 nitrogen and oxygen atoms in total. The number of nitrogens with zero attached hydrogens (tertiary/aromatic N) is 3. The van der Waals surface area contributed by atoms with E-state index in [4.69, 9.17) is 10.5 Å². The van der Waals surface area contributed by atoms with Crippen LogP contribution in [0, 0.1) is 5.92 Å². The molecule has 2 rings (SSSR count). The number of hydrogen-bond acceptors (Lipinski definition) is 7. The van der Waals surface area contributed by atoms with E-state index >= 15 is 0 Å². The minimum Gasteiger partial charge on any atom is -0.456 e. The van der Waals surface area contributed by atoms with Gasteiger partial charge in [-0.25, -0.2) is 4.79 Å². The lowest BCUT2D eigenvalue weighted by molar-refractivity contribution is -0.153. The highest BCUT2D eigenvalue weighted by atomic mass is 16.5. The second-order valence-electron chi connectivity index (χ2n) is 9.50. The third kappa shape index (κ3) is 8.23. The Labute approximate surface area is 212 Å². The number of amides is 2. The first-order valence-corrected chi connectivity index (χ1v) is 13.1. The molecule has 1 atom stereocenters.